The zero-order chi connectivity index (χ0) is 18.2. The van der Waals surface area contributed by atoms with Crippen LogP contribution in [0.4, 0.5) is 4.39 Å². The van der Waals surface area contributed by atoms with E-state index in [4.69, 9.17) is 11.6 Å². The van der Waals surface area contributed by atoms with Gasteiger partial charge in [-0.05, 0) is 60.0 Å². The summed E-state index contributed by atoms with van der Waals surface area (Å²) < 4.78 is 13.8. The number of rotatable bonds is 1. The monoisotopic (exact) mass is 350 g/mol. The third-order valence-electron chi connectivity index (χ3n) is 3.53. The molecule has 0 aromatic heterocycles. The molecule has 0 aliphatic rings. The van der Waals surface area contributed by atoms with E-state index in [1.54, 1.807) is 6.07 Å². The first-order valence-electron chi connectivity index (χ1n) is 8.26. The maximum atomic E-state index is 13.8. The van der Waals surface area contributed by atoms with Crippen molar-refractivity contribution in [1.29, 1.82) is 0 Å². The van der Waals surface area contributed by atoms with Crippen molar-refractivity contribution in [2.75, 3.05) is 0 Å². The standard InChI is InChI=1S/C21H14ClF.C2H6/c1-15-2-6-19(21(23)14-15)9-5-16-3-7-17(8-4-16)18-10-12-20(22)13-11-18;1-2/h2-4,6-8,10-14H,1H3;1-2H3. The van der Waals surface area contributed by atoms with Crippen LogP contribution in [-0.2, 0) is 0 Å². The molecule has 3 rings (SSSR count). The Balaban J connectivity index is 0.00000109. The highest BCUT2D eigenvalue weighted by Crippen LogP contribution is 2.21. The topological polar surface area (TPSA) is 0 Å². The first-order chi connectivity index (χ1) is 12.1. The van der Waals surface area contributed by atoms with Gasteiger partial charge in [-0.25, -0.2) is 4.39 Å². The second-order valence-electron chi connectivity index (χ2n) is 5.32. The van der Waals surface area contributed by atoms with Crippen LogP contribution < -0.4 is 0 Å². The second kappa shape index (κ2) is 9.06. The number of aryl methyl sites for hydroxylation is 1. The van der Waals surface area contributed by atoms with E-state index in [0.717, 1.165) is 27.3 Å². The molecule has 0 fully saturated rings. The summed E-state index contributed by atoms with van der Waals surface area (Å²) in [5.41, 5.74) is 4.34. The average molecular weight is 351 g/mol. The molecule has 2 heteroatoms. The average Bonchev–Trinajstić information content (AvgIpc) is 2.64. The molecule has 0 nitrogen and oxygen atoms in total. The minimum Gasteiger partial charge on any atom is -0.206 e. The fraction of sp³-hybridized carbons (Fsp3) is 0.130. The molecular formula is C23H20ClF. The Morgan fingerprint density at radius 3 is 1.88 bits per heavy atom. The van der Waals surface area contributed by atoms with Gasteiger partial charge in [-0.1, -0.05) is 67.6 Å². The van der Waals surface area contributed by atoms with E-state index in [1.165, 1.54) is 6.07 Å². The zero-order valence-electron chi connectivity index (χ0n) is 14.6. The van der Waals surface area contributed by atoms with E-state index in [-0.39, 0.29) is 5.82 Å². The van der Waals surface area contributed by atoms with Gasteiger partial charge >= 0.3 is 0 Å². The largest absolute Gasteiger partial charge is 0.206 e. The van der Waals surface area contributed by atoms with E-state index in [9.17, 15) is 4.39 Å². The molecule has 3 aromatic carbocycles. The first-order valence-corrected chi connectivity index (χ1v) is 8.64. The molecule has 0 N–H and O–H groups in total. The van der Waals surface area contributed by atoms with Crippen molar-refractivity contribution in [3.63, 3.8) is 0 Å². The summed E-state index contributed by atoms with van der Waals surface area (Å²) in [5, 5.41) is 0.719. The second-order valence-corrected chi connectivity index (χ2v) is 5.75. The van der Waals surface area contributed by atoms with Crippen LogP contribution in [0.1, 0.15) is 30.5 Å². The van der Waals surface area contributed by atoms with Gasteiger partial charge in [0.2, 0.25) is 0 Å². The van der Waals surface area contributed by atoms with Crippen LogP contribution in [0.15, 0.2) is 66.7 Å². The molecule has 0 aliphatic carbocycles. The molecule has 0 radical (unpaired) electrons. The molecule has 0 saturated carbocycles. The van der Waals surface area contributed by atoms with E-state index < -0.39 is 0 Å². The van der Waals surface area contributed by atoms with Crippen LogP contribution in [0, 0.1) is 24.6 Å². The Morgan fingerprint density at radius 2 is 1.32 bits per heavy atom. The molecule has 0 amide bonds. The molecule has 0 aliphatic heterocycles. The Morgan fingerprint density at radius 1 is 0.760 bits per heavy atom. The molecule has 126 valence electrons. The third-order valence-corrected chi connectivity index (χ3v) is 3.78. The van der Waals surface area contributed by atoms with Crippen molar-refractivity contribution in [3.05, 3.63) is 94.3 Å². The quantitative estimate of drug-likeness (QED) is 0.419. The molecule has 0 heterocycles. The van der Waals surface area contributed by atoms with Crippen molar-refractivity contribution < 1.29 is 4.39 Å². The van der Waals surface area contributed by atoms with Crippen LogP contribution >= 0.6 is 11.6 Å². The maximum absolute atomic E-state index is 13.8. The van der Waals surface area contributed by atoms with Gasteiger partial charge in [0.1, 0.15) is 5.82 Å². The summed E-state index contributed by atoms with van der Waals surface area (Å²) in [4.78, 5) is 0. The zero-order valence-corrected chi connectivity index (χ0v) is 15.4. The van der Waals surface area contributed by atoms with Gasteiger partial charge < -0.3 is 0 Å². The molecule has 0 spiro atoms. The molecular weight excluding hydrogens is 331 g/mol. The predicted molar refractivity (Wildman–Crippen MR) is 105 cm³/mol. The van der Waals surface area contributed by atoms with E-state index >= 15 is 0 Å². The van der Waals surface area contributed by atoms with Crippen LogP contribution in [0.5, 0.6) is 0 Å². The summed E-state index contributed by atoms with van der Waals surface area (Å²) in [6, 6.07) is 20.6. The highest BCUT2D eigenvalue weighted by molar-refractivity contribution is 6.30. The van der Waals surface area contributed by atoms with Gasteiger partial charge in [0.15, 0.2) is 0 Å². The van der Waals surface area contributed by atoms with Crippen molar-refractivity contribution in [2.24, 2.45) is 0 Å². The van der Waals surface area contributed by atoms with Gasteiger partial charge in [0.25, 0.3) is 0 Å². The summed E-state index contributed by atoms with van der Waals surface area (Å²) in [6.07, 6.45) is 0. The van der Waals surface area contributed by atoms with Crippen LogP contribution in [0.3, 0.4) is 0 Å². The minimum atomic E-state index is -0.282. The third kappa shape index (κ3) is 5.21. The molecule has 0 bridgehead atoms. The molecule has 0 saturated heterocycles. The van der Waals surface area contributed by atoms with Gasteiger partial charge in [0, 0.05) is 10.6 Å². The Bertz CT molecular complexity index is 882. The highest BCUT2D eigenvalue weighted by atomic mass is 35.5. The lowest BCUT2D eigenvalue weighted by Crippen LogP contribution is -1.85. The Kier molecular flexibility index (Phi) is 6.81. The van der Waals surface area contributed by atoms with E-state index in [0.29, 0.717) is 5.56 Å². The van der Waals surface area contributed by atoms with Crippen LogP contribution in [0.2, 0.25) is 5.02 Å². The predicted octanol–water partition coefficient (Wildman–Crippen LogP) is 6.88. The van der Waals surface area contributed by atoms with Crippen molar-refractivity contribution >= 4 is 11.6 Å². The first kappa shape index (κ1) is 18.8. The number of hydrogen-bond donors (Lipinski definition) is 0. The number of halogens is 2. The summed E-state index contributed by atoms with van der Waals surface area (Å²) >= 11 is 5.90. The fourth-order valence-electron chi connectivity index (χ4n) is 2.25. The molecule has 0 atom stereocenters. The van der Waals surface area contributed by atoms with Crippen LogP contribution in [-0.4, -0.2) is 0 Å². The van der Waals surface area contributed by atoms with E-state index in [1.807, 2.05) is 75.4 Å². The normalized spacial score (nSPS) is 9.48. The number of hydrogen-bond acceptors (Lipinski definition) is 0. The van der Waals surface area contributed by atoms with Gasteiger partial charge in [-0.15, -0.1) is 0 Å². The lowest BCUT2D eigenvalue weighted by atomic mass is 10.0. The maximum Gasteiger partial charge on any atom is 0.139 e. The van der Waals surface area contributed by atoms with E-state index in [2.05, 4.69) is 11.8 Å². The fourth-order valence-corrected chi connectivity index (χ4v) is 2.38. The molecule has 0 unspecified atom stereocenters. The Hall–Kier alpha value is -2.56. The lowest BCUT2D eigenvalue weighted by molar-refractivity contribution is 0.623. The van der Waals surface area contributed by atoms with Crippen LogP contribution in [0.25, 0.3) is 11.1 Å². The SMILES string of the molecule is CC.Cc1ccc(C#Cc2ccc(-c3ccc(Cl)cc3)cc2)c(F)c1. The van der Waals surface area contributed by atoms with Crippen molar-refractivity contribution in [1.82, 2.24) is 0 Å². The summed E-state index contributed by atoms with van der Waals surface area (Å²) in [5.74, 6) is 5.60. The van der Waals surface area contributed by atoms with Gasteiger partial charge in [-0.3, -0.25) is 0 Å². The van der Waals surface area contributed by atoms with Gasteiger partial charge in [-0.2, -0.15) is 0 Å². The summed E-state index contributed by atoms with van der Waals surface area (Å²) in [7, 11) is 0. The lowest BCUT2D eigenvalue weighted by Gasteiger charge is -2.02. The Labute approximate surface area is 154 Å². The molecule has 25 heavy (non-hydrogen) atoms. The smallest absolute Gasteiger partial charge is 0.139 e. The minimum absolute atomic E-state index is 0.282. The van der Waals surface area contributed by atoms with Crippen molar-refractivity contribution in [2.45, 2.75) is 20.8 Å². The van der Waals surface area contributed by atoms with Crippen molar-refractivity contribution in [3.8, 4) is 23.0 Å². The summed E-state index contributed by atoms with van der Waals surface area (Å²) in [6.45, 7) is 5.86. The number of benzene rings is 3. The van der Waals surface area contributed by atoms with Gasteiger partial charge in [0.05, 0.1) is 5.56 Å². The highest BCUT2D eigenvalue weighted by Gasteiger charge is 1.99. The molecule has 3 aromatic rings.